The van der Waals surface area contributed by atoms with E-state index in [9.17, 15) is 24.3 Å². The molecule has 0 radical (unpaired) electrons. The molecule has 10 heteroatoms. The highest BCUT2D eigenvalue weighted by atomic mass is 16.5. The molecule has 0 heterocycles. The SMILES string of the molecule is C=CCCC(Cc1ccccc1)C(=O)OCC(NC(=O)C(CC=C)CC(=O)NC(CO)Cc1ccc(OCc2ccccc2)cc1)C(=O)Nc1ccc2ccccc2c1. The fraction of sp³-hybridized carbons (Fsp3) is 0.265. The summed E-state index contributed by atoms with van der Waals surface area (Å²) in [4.78, 5) is 54.6. The van der Waals surface area contributed by atoms with Gasteiger partial charge in [0, 0.05) is 12.1 Å². The van der Waals surface area contributed by atoms with E-state index in [0.717, 1.165) is 27.5 Å². The van der Waals surface area contributed by atoms with Crippen molar-refractivity contribution < 1.29 is 33.8 Å². The molecule has 4 atom stereocenters. The molecular formula is C49H53N3O7. The fourth-order valence-corrected chi connectivity index (χ4v) is 6.68. The van der Waals surface area contributed by atoms with Gasteiger partial charge in [-0.25, -0.2) is 0 Å². The van der Waals surface area contributed by atoms with Gasteiger partial charge in [0.15, 0.2) is 0 Å². The molecule has 306 valence electrons. The molecule has 4 unspecified atom stereocenters. The lowest BCUT2D eigenvalue weighted by atomic mass is 9.95. The summed E-state index contributed by atoms with van der Waals surface area (Å²) < 4.78 is 11.6. The number of nitrogens with one attached hydrogen (secondary N) is 3. The molecule has 0 spiro atoms. The van der Waals surface area contributed by atoms with Crippen LogP contribution in [0.4, 0.5) is 5.69 Å². The molecule has 0 bridgehead atoms. The smallest absolute Gasteiger partial charge is 0.309 e. The van der Waals surface area contributed by atoms with Crippen LogP contribution in [-0.2, 0) is 43.4 Å². The second kappa shape index (κ2) is 23.0. The third-order valence-electron chi connectivity index (χ3n) is 9.91. The molecular weight excluding hydrogens is 743 g/mol. The number of aliphatic hydroxyl groups excluding tert-OH is 1. The Kier molecular flexibility index (Phi) is 17.0. The summed E-state index contributed by atoms with van der Waals surface area (Å²) in [6.07, 6.45) is 5.04. The zero-order valence-electron chi connectivity index (χ0n) is 33.3. The number of allylic oxidation sites excluding steroid dienone is 2. The summed E-state index contributed by atoms with van der Waals surface area (Å²) in [5.74, 6) is -2.85. The Morgan fingerprint density at radius 2 is 1.34 bits per heavy atom. The average Bonchev–Trinajstić information content (AvgIpc) is 3.26. The van der Waals surface area contributed by atoms with Crippen LogP contribution >= 0.6 is 0 Å². The number of hydrogen-bond acceptors (Lipinski definition) is 7. The number of aliphatic hydroxyl groups is 1. The highest BCUT2D eigenvalue weighted by Gasteiger charge is 2.30. The first-order valence-electron chi connectivity index (χ1n) is 19.9. The number of amides is 3. The molecule has 0 fully saturated rings. The van der Waals surface area contributed by atoms with Crippen molar-refractivity contribution in [1.29, 1.82) is 0 Å². The molecule has 5 rings (SSSR count). The van der Waals surface area contributed by atoms with E-state index in [0.29, 0.717) is 43.7 Å². The fourth-order valence-electron chi connectivity index (χ4n) is 6.68. The Labute approximate surface area is 346 Å². The van der Waals surface area contributed by atoms with Gasteiger partial charge in [-0.05, 0) is 83.8 Å². The molecule has 59 heavy (non-hydrogen) atoms. The minimum absolute atomic E-state index is 0.132. The van der Waals surface area contributed by atoms with Crippen LogP contribution in [0.15, 0.2) is 153 Å². The first kappa shape index (κ1) is 43.6. The Bertz CT molecular complexity index is 2140. The number of carbonyl (C=O) groups excluding carboxylic acids is 4. The van der Waals surface area contributed by atoms with Gasteiger partial charge < -0.3 is 30.5 Å². The van der Waals surface area contributed by atoms with Crippen LogP contribution in [0.2, 0.25) is 0 Å². The molecule has 3 amide bonds. The van der Waals surface area contributed by atoms with Gasteiger partial charge in [-0.15, -0.1) is 13.2 Å². The van der Waals surface area contributed by atoms with E-state index in [-0.39, 0.29) is 19.4 Å². The van der Waals surface area contributed by atoms with Crippen LogP contribution < -0.4 is 20.7 Å². The van der Waals surface area contributed by atoms with Gasteiger partial charge in [-0.3, -0.25) is 19.2 Å². The monoisotopic (exact) mass is 795 g/mol. The maximum absolute atomic E-state index is 13.9. The van der Waals surface area contributed by atoms with Crippen LogP contribution in [0.25, 0.3) is 10.8 Å². The molecule has 10 nitrogen and oxygen atoms in total. The van der Waals surface area contributed by atoms with Gasteiger partial charge in [-0.2, -0.15) is 0 Å². The molecule has 4 N–H and O–H groups in total. The van der Waals surface area contributed by atoms with Crippen molar-refractivity contribution in [3.63, 3.8) is 0 Å². The Hall–Kier alpha value is -6.52. The van der Waals surface area contributed by atoms with Crippen molar-refractivity contribution in [3.05, 3.63) is 169 Å². The number of carbonyl (C=O) groups is 4. The molecule has 0 aliphatic rings. The standard InChI is InChI=1S/C49H53N3O7/c1-3-5-19-41(28-35-15-8-6-9-16-35)49(57)59-34-45(48(56)51-42-25-24-38-20-12-13-21-39(38)30-42)52-47(55)40(14-4-2)31-46(54)50-43(32-53)29-36-22-26-44(27-23-36)58-33-37-17-10-7-11-18-37/h3-4,6-13,15-18,20-27,30,40-41,43,45,53H,1-2,5,14,19,28-29,31-34H2,(H,50,54)(H,51,56)(H,52,55). The number of fused-ring (bicyclic) bond motifs is 1. The molecule has 0 saturated heterocycles. The Morgan fingerprint density at radius 3 is 2.02 bits per heavy atom. The normalized spacial score (nSPS) is 12.9. The van der Waals surface area contributed by atoms with Crippen molar-refractivity contribution in [2.45, 2.75) is 57.2 Å². The van der Waals surface area contributed by atoms with Crippen LogP contribution in [0.1, 0.15) is 42.4 Å². The average molecular weight is 796 g/mol. The first-order chi connectivity index (χ1) is 28.7. The van der Waals surface area contributed by atoms with Crippen molar-refractivity contribution in [3.8, 4) is 5.75 Å². The van der Waals surface area contributed by atoms with Crippen LogP contribution in [0.3, 0.4) is 0 Å². The van der Waals surface area contributed by atoms with E-state index < -0.39 is 54.2 Å². The van der Waals surface area contributed by atoms with Gasteiger partial charge in [0.25, 0.3) is 5.91 Å². The van der Waals surface area contributed by atoms with Gasteiger partial charge >= 0.3 is 5.97 Å². The zero-order valence-corrected chi connectivity index (χ0v) is 33.3. The predicted molar refractivity (Wildman–Crippen MR) is 231 cm³/mol. The summed E-state index contributed by atoms with van der Waals surface area (Å²) in [6.45, 7) is 7.24. The third kappa shape index (κ3) is 14.1. The van der Waals surface area contributed by atoms with Crippen molar-refractivity contribution in [2.24, 2.45) is 11.8 Å². The van der Waals surface area contributed by atoms with E-state index in [2.05, 4.69) is 29.1 Å². The number of hydrogen-bond donors (Lipinski definition) is 4. The number of anilines is 1. The van der Waals surface area contributed by atoms with Crippen LogP contribution in [0, 0.1) is 11.8 Å². The van der Waals surface area contributed by atoms with Crippen molar-refractivity contribution >= 4 is 40.2 Å². The minimum Gasteiger partial charge on any atom is -0.489 e. The van der Waals surface area contributed by atoms with E-state index in [1.54, 1.807) is 12.1 Å². The molecule has 0 aliphatic carbocycles. The van der Waals surface area contributed by atoms with Gasteiger partial charge in [0.05, 0.1) is 24.5 Å². The van der Waals surface area contributed by atoms with Crippen LogP contribution in [0.5, 0.6) is 5.75 Å². The summed E-state index contributed by atoms with van der Waals surface area (Å²) in [7, 11) is 0. The summed E-state index contributed by atoms with van der Waals surface area (Å²) in [6, 6.07) is 38.1. The molecule has 0 aromatic heterocycles. The predicted octanol–water partition coefficient (Wildman–Crippen LogP) is 7.51. The van der Waals surface area contributed by atoms with E-state index in [1.807, 2.05) is 121 Å². The second-order valence-corrected chi connectivity index (χ2v) is 14.5. The van der Waals surface area contributed by atoms with Gasteiger partial charge in [-0.1, -0.05) is 115 Å². The highest BCUT2D eigenvalue weighted by molar-refractivity contribution is 5.99. The molecule has 0 saturated carbocycles. The van der Waals surface area contributed by atoms with E-state index >= 15 is 0 Å². The topological polar surface area (TPSA) is 143 Å². The largest absolute Gasteiger partial charge is 0.489 e. The number of esters is 1. The van der Waals surface area contributed by atoms with Crippen molar-refractivity contribution in [1.82, 2.24) is 10.6 Å². The number of benzene rings is 5. The Morgan fingerprint density at radius 1 is 0.678 bits per heavy atom. The molecule has 5 aromatic rings. The molecule has 5 aromatic carbocycles. The third-order valence-corrected chi connectivity index (χ3v) is 9.91. The van der Waals surface area contributed by atoms with Gasteiger partial charge in [0.1, 0.15) is 25.0 Å². The van der Waals surface area contributed by atoms with Crippen LogP contribution in [-0.4, -0.2) is 54.1 Å². The van der Waals surface area contributed by atoms with Crippen molar-refractivity contribution in [2.75, 3.05) is 18.5 Å². The minimum atomic E-state index is -1.28. The van der Waals surface area contributed by atoms with E-state index in [4.69, 9.17) is 9.47 Å². The quantitative estimate of drug-likeness (QED) is 0.0396. The Balaban J connectivity index is 1.23. The highest BCUT2D eigenvalue weighted by Crippen LogP contribution is 2.21. The lowest BCUT2D eigenvalue weighted by molar-refractivity contribution is -0.150. The summed E-state index contributed by atoms with van der Waals surface area (Å²) >= 11 is 0. The maximum Gasteiger partial charge on any atom is 0.309 e. The maximum atomic E-state index is 13.9. The number of ether oxygens (including phenoxy) is 2. The van der Waals surface area contributed by atoms with Gasteiger partial charge in [0.2, 0.25) is 11.8 Å². The second-order valence-electron chi connectivity index (χ2n) is 14.5. The number of rotatable bonds is 23. The summed E-state index contributed by atoms with van der Waals surface area (Å²) in [5, 5.41) is 20.5. The lowest BCUT2D eigenvalue weighted by Gasteiger charge is -2.24. The molecule has 0 aliphatic heterocycles. The first-order valence-corrected chi connectivity index (χ1v) is 19.9. The van der Waals surface area contributed by atoms with E-state index in [1.165, 1.54) is 6.08 Å². The lowest BCUT2D eigenvalue weighted by Crippen LogP contribution is -2.50. The summed E-state index contributed by atoms with van der Waals surface area (Å²) in [5.41, 5.74) is 3.39. The zero-order chi connectivity index (χ0) is 41.8.